The lowest BCUT2D eigenvalue weighted by molar-refractivity contribution is -0.133. The standard InChI is InChI=1S/C22H29N5O4/c1-6-23-22(29)26(3)14-21(28)27-19(13-17(24-27)18-8-7-11-25(18)2)16-12-15(30-4)9-10-20(16)31-5/h7-12,19H,6,13-14H2,1-5H3,(H,23,29)/t19-/m1/s1. The molecule has 1 aliphatic heterocycles. The lowest BCUT2D eigenvalue weighted by atomic mass is 9.99. The summed E-state index contributed by atoms with van der Waals surface area (Å²) in [5.74, 6) is 1.02. The summed E-state index contributed by atoms with van der Waals surface area (Å²) in [5.41, 5.74) is 2.51. The molecule has 0 bridgehead atoms. The van der Waals surface area contributed by atoms with Gasteiger partial charge in [0.2, 0.25) is 0 Å². The minimum atomic E-state index is -0.384. The number of hydrazone groups is 1. The molecular formula is C22H29N5O4. The van der Waals surface area contributed by atoms with E-state index in [-0.39, 0.29) is 24.5 Å². The van der Waals surface area contributed by atoms with Crippen molar-refractivity contribution in [3.63, 3.8) is 0 Å². The van der Waals surface area contributed by atoms with Gasteiger partial charge in [-0.25, -0.2) is 9.80 Å². The Labute approximate surface area is 182 Å². The lowest BCUT2D eigenvalue weighted by Crippen LogP contribution is -2.43. The van der Waals surface area contributed by atoms with Gasteiger partial charge in [0.05, 0.1) is 31.7 Å². The Balaban J connectivity index is 1.97. The van der Waals surface area contributed by atoms with Crippen LogP contribution in [-0.4, -0.2) is 66.5 Å². The largest absolute Gasteiger partial charge is 0.497 e. The highest BCUT2D eigenvalue weighted by Gasteiger charge is 2.36. The number of benzene rings is 1. The molecule has 0 unspecified atom stereocenters. The molecule has 0 spiro atoms. The maximum Gasteiger partial charge on any atom is 0.317 e. The Bertz CT molecular complexity index is 984. The molecule has 31 heavy (non-hydrogen) atoms. The van der Waals surface area contributed by atoms with E-state index in [1.807, 2.05) is 55.1 Å². The number of aromatic nitrogens is 1. The highest BCUT2D eigenvalue weighted by Crippen LogP contribution is 2.39. The molecule has 0 aliphatic carbocycles. The first-order valence-electron chi connectivity index (χ1n) is 10.1. The van der Waals surface area contributed by atoms with Gasteiger partial charge in [-0.1, -0.05) is 0 Å². The number of carbonyl (C=O) groups excluding carboxylic acids is 2. The molecule has 1 N–H and O–H groups in total. The van der Waals surface area contributed by atoms with Gasteiger partial charge in [0.1, 0.15) is 18.0 Å². The van der Waals surface area contributed by atoms with E-state index in [2.05, 4.69) is 10.4 Å². The van der Waals surface area contributed by atoms with Gasteiger partial charge >= 0.3 is 6.03 Å². The summed E-state index contributed by atoms with van der Waals surface area (Å²) in [7, 11) is 6.71. The molecule has 2 aromatic rings. The number of amides is 3. The van der Waals surface area contributed by atoms with Crippen LogP contribution in [0.5, 0.6) is 11.5 Å². The Morgan fingerprint density at radius 1 is 1.26 bits per heavy atom. The second kappa shape index (κ2) is 9.55. The van der Waals surface area contributed by atoms with Gasteiger partial charge in [0.15, 0.2) is 0 Å². The molecule has 1 aliphatic rings. The normalized spacial score (nSPS) is 15.5. The average Bonchev–Trinajstić information content (AvgIpc) is 3.39. The minimum Gasteiger partial charge on any atom is -0.497 e. The summed E-state index contributed by atoms with van der Waals surface area (Å²) in [4.78, 5) is 26.7. The van der Waals surface area contributed by atoms with Crippen LogP contribution in [0.25, 0.3) is 0 Å². The number of methoxy groups -OCH3 is 2. The van der Waals surface area contributed by atoms with Crippen LogP contribution < -0.4 is 14.8 Å². The average molecular weight is 428 g/mol. The maximum atomic E-state index is 13.2. The fourth-order valence-electron chi connectivity index (χ4n) is 3.63. The van der Waals surface area contributed by atoms with Crippen molar-refractivity contribution in [2.75, 3.05) is 34.4 Å². The van der Waals surface area contributed by atoms with Gasteiger partial charge in [0, 0.05) is 38.8 Å². The number of nitrogens with one attached hydrogen (secondary N) is 1. The van der Waals surface area contributed by atoms with Crippen molar-refractivity contribution in [3.05, 3.63) is 47.8 Å². The van der Waals surface area contributed by atoms with Crippen molar-refractivity contribution in [3.8, 4) is 11.5 Å². The van der Waals surface area contributed by atoms with E-state index in [0.717, 1.165) is 17.0 Å². The monoisotopic (exact) mass is 427 g/mol. The zero-order valence-corrected chi connectivity index (χ0v) is 18.6. The van der Waals surface area contributed by atoms with E-state index in [1.54, 1.807) is 21.3 Å². The minimum absolute atomic E-state index is 0.0987. The molecule has 3 amide bonds. The number of carbonyl (C=O) groups is 2. The summed E-state index contributed by atoms with van der Waals surface area (Å²) >= 11 is 0. The van der Waals surface area contributed by atoms with E-state index in [1.165, 1.54) is 9.91 Å². The Morgan fingerprint density at radius 2 is 2.03 bits per heavy atom. The number of rotatable bonds is 7. The van der Waals surface area contributed by atoms with Gasteiger partial charge < -0.3 is 24.3 Å². The van der Waals surface area contributed by atoms with Gasteiger partial charge in [-0.15, -0.1) is 0 Å². The first-order valence-corrected chi connectivity index (χ1v) is 10.1. The second-order valence-corrected chi connectivity index (χ2v) is 7.31. The summed E-state index contributed by atoms with van der Waals surface area (Å²) in [5, 5.41) is 8.81. The van der Waals surface area contributed by atoms with Crippen molar-refractivity contribution in [1.82, 2.24) is 19.8 Å². The van der Waals surface area contributed by atoms with E-state index in [9.17, 15) is 9.59 Å². The first kappa shape index (κ1) is 22.2. The molecule has 1 aromatic carbocycles. The molecule has 9 heteroatoms. The van der Waals surface area contributed by atoms with Crippen molar-refractivity contribution in [1.29, 1.82) is 0 Å². The van der Waals surface area contributed by atoms with Crippen LogP contribution >= 0.6 is 0 Å². The molecular weight excluding hydrogens is 398 g/mol. The number of urea groups is 1. The molecule has 1 aromatic heterocycles. The smallest absolute Gasteiger partial charge is 0.317 e. The summed E-state index contributed by atoms with van der Waals surface area (Å²) < 4.78 is 12.9. The van der Waals surface area contributed by atoms with Crippen LogP contribution in [0.15, 0.2) is 41.6 Å². The van der Waals surface area contributed by atoms with E-state index < -0.39 is 0 Å². The van der Waals surface area contributed by atoms with Crippen molar-refractivity contribution >= 4 is 17.6 Å². The van der Waals surface area contributed by atoms with Crippen molar-refractivity contribution in [2.24, 2.45) is 12.1 Å². The van der Waals surface area contributed by atoms with E-state index in [0.29, 0.717) is 24.5 Å². The summed E-state index contributed by atoms with van der Waals surface area (Å²) in [6.07, 6.45) is 2.45. The third-order valence-electron chi connectivity index (χ3n) is 5.25. The third kappa shape index (κ3) is 4.65. The van der Waals surface area contributed by atoms with Crippen molar-refractivity contribution < 1.29 is 19.1 Å². The molecule has 3 rings (SSSR count). The molecule has 9 nitrogen and oxygen atoms in total. The molecule has 0 saturated carbocycles. The van der Waals surface area contributed by atoms with Crippen LogP contribution in [0.2, 0.25) is 0 Å². The van der Waals surface area contributed by atoms with Gasteiger partial charge in [-0.2, -0.15) is 5.10 Å². The van der Waals surface area contributed by atoms with Crippen LogP contribution in [0.1, 0.15) is 30.6 Å². The predicted molar refractivity (Wildman–Crippen MR) is 117 cm³/mol. The lowest BCUT2D eigenvalue weighted by Gasteiger charge is -2.26. The van der Waals surface area contributed by atoms with E-state index in [4.69, 9.17) is 9.47 Å². The molecule has 0 saturated heterocycles. The number of aryl methyl sites for hydroxylation is 1. The molecule has 1 atom stereocenters. The third-order valence-corrected chi connectivity index (χ3v) is 5.25. The molecule has 0 radical (unpaired) electrons. The van der Waals surface area contributed by atoms with E-state index >= 15 is 0 Å². The summed E-state index contributed by atoms with van der Waals surface area (Å²) in [6.45, 7) is 2.22. The number of hydrogen-bond acceptors (Lipinski definition) is 5. The van der Waals surface area contributed by atoms with Crippen LogP contribution in [0, 0.1) is 0 Å². The first-order chi connectivity index (χ1) is 14.9. The fraction of sp³-hybridized carbons (Fsp3) is 0.409. The maximum absolute atomic E-state index is 13.2. The fourth-order valence-corrected chi connectivity index (χ4v) is 3.63. The predicted octanol–water partition coefficient (Wildman–Crippen LogP) is 2.38. The molecule has 2 heterocycles. The number of nitrogens with zero attached hydrogens (tertiary/aromatic N) is 4. The van der Waals surface area contributed by atoms with Crippen LogP contribution in [0.3, 0.4) is 0 Å². The zero-order chi connectivity index (χ0) is 22.5. The van der Waals surface area contributed by atoms with Crippen LogP contribution in [0.4, 0.5) is 4.79 Å². The molecule has 166 valence electrons. The Morgan fingerprint density at radius 3 is 2.65 bits per heavy atom. The SMILES string of the molecule is CCNC(=O)N(C)CC(=O)N1N=C(c2cccn2C)C[C@@H]1c1cc(OC)ccc1OC. The highest BCUT2D eigenvalue weighted by molar-refractivity contribution is 6.02. The highest BCUT2D eigenvalue weighted by atomic mass is 16.5. The number of likely N-dealkylation sites (N-methyl/N-ethyl adjacent to an activating group) is 1. The van der Waals surface area contributed by atoms with Gasteiger partial charge in [-0.3, -0.25) is 4.79 Å². The van der Waals surface area contributed by atoms with Crippen LogP contribution in [-0.2, 0) is 11.8 Å². The zero-order valence-electron chi connectivity index (χ0n) is 18.6. The molecule has 0 fully saturated rings. The quantitative estimate of drug-likeness (QED) is 0.735. The van der Waals surface area contributed by atoms with Gasteiger partial charge in [0.25, 0.3) is 5.91 Å². The van der Waals surface area contributed by atoms with Crippen molar-refractivity contribution in [2.45, 2.75) is 19.4 Å². The number of ether oxygens (including phenoxy) is 2. The Kier molecular flexibility index (Phi) is 6.84. The topological polar surface area (TPSA) is 88.4 Å². The van der Waals surface area contributed by atoms with Gasteiger partial charge in [-0.05, 0) is 37.3 Å². The number of hydrogen-bond donors (Lipinski definition) is 1. The summed E-state index contributed by atoms with van der Waals surface area (Å²) in [6, 6.07) is 8.70. The second-order valence-electron chi connectivity index (χ2n) is 7.31. The Hall–Kier alpha value is -3.49.